The Kier molecular flexibility index (Phi) is 4.65. The predicted molar refractivity (Wildman–Crippen MR) is 113 cm³/mol. The molecular weight excluding hydrogens is 374 g/mol. The number of rotatable bonds is 4. The third kappa shape index (κ3) is 3.16. The van der Waals surface area contributed by atoms with Gasteiger partial charge in [-0.1, -0.05) is 37.6 Å². The zero-order valence-corrected chi connectivity index (χ0v) is 16.4. The number of anilines is 1. The van der Waals surface area contributed by atoms with Crippen LogP contribution >= 0.6 is 11.6 Å². The molecule has 0 aliphatic rings. The molecule has 1 amide bonds. The van der Waals surface area contributed by atoms with Crippen molar-refractivity contribution in [2.45, 2.75) is 13.8 Å². The fourth-order valence-electron chi connectivity index (χ4n) is 3.12. The molecule has 2 aromatic heterocycles. The fourth-order valence-corrected chi connectivity index (χ4v) is 3.25. The van der Waals surface area contributed by atoms with Gasteiger partial charge in [-0.3, -0.25) is 9.36 Å². The van der Waals surface area contributed by atoms with Crippen LogP contribution in [0.25, 0.3) is 27.9 Å². The highest BCUT2D eigenvalue weighted by Crippen LogP contribution is 2.31. The van der Waals surface area contributed by atoms with Crippen LogP contribution in [0.4, 0.5) is 5.82 Å². The lowest BCUT2D eigenvalue weighted by molar-refractivity contribution is 0.0951. The maximum Gasteiger partial charge on any atom is 0.257 e. The molecule has 0 bridgehead atoms. The molecule has 2 heterocycles. The van der Waals surface area contributed by atoms with Crippen molar-refractivity contribution in [2.24, 2.45) is 5.92 Å². The van der Waals surface area contributed by atoms with E-state index >= 15 is 0 Å². The Morgan fingerprint density at radius 2 is 1.75 bits per heavy atom. The third-order valence-electron chi connectivity index (χ3n) is 4.48. The number of nitrogen functional groups attached to an aromatic ring is 1. The van der Waals surface area contributed by atoms with Gasteiger partial charge in [0.05, 0.1) is 11.0 Å². The van der Waals surface area contributed by atoms with Gasteiger partial charge in [-0.15, -0.1) is 0 Å². The third-order valence-corrected chi connectivity index (χ3v) is 4.73. The normalized spacial score (nSPS) is 11.4. The van der Waals surface area contributed by atoms with E-state index in [1.165, 1.54) is 0 Å². The molecule has 0 saturated heterocycles. The Bertz CT molecular complexity index is 1180. The van der Waals surface area contributed by atoms with Crippen LogP contribution in [0.15, 0.2) is 48.5 Å². The van der Waals surface area contributed by atoms with Crippen molar-refractivity contribution in [3.8, 4) is 5.69 Å². The SMILES string of the molecule is CC(C)CNC(=O)c1c(N)n(-c2ccc(Cl)cc2)c2nc3ccccc3nc12. The summed E-state index contributed by atoms with van der Waals surface area (Å²) in [5.41, 5.74) is 10.0. The zero-order chi connectivity index (χ0) is 19.8. The largest absolute Gasteiger partial charge is 0.384 e. The number of nitrogens with one attached hydrogen (secondary N) is 1. The van der Waals surface area contributed by atoms with Gasteiger partial charge >= 0.3 is 0 Å². The molecule has 4 rings (SSSR count). The van der Waals surface area contributed by atoms with Gasteiger partial charge in [-0.25, -0.2) is 9.97 Å². The van der Waals surface area contributed by atoms with Crippen LogP contribution in [0, 0.1) is 5.92 Å². The van der Waals surface area contributed by atoms with Gasteiger partial charge in [-0.2, -0.15) is 0 Å². The molecule has 28 heavy (non-hydrogen) atoms. The van der Waals surface area contributed by atoms with Crippen LogP contribution in [0.1, 0.15) is 24.2 Å². The minimum Gasteiger partial charge on any atom is -0.384 e. The first kappa shape index (κ1) is 18.3. The van der Waals surface area contributed by atoms with E-state index in [4.69, 9.17) is 27.3 Å². The van der Waals surface area contributed by atoms with Crippen molar-refractivity contribution in [1.82, 2.24) is 19.9 Å². The predicted octanol–water partition coefficient (Wildman–Crippen LogP) is 4.20. The molecule has 142 valence electrons. The number of aromatic nitrogens is 3. The molecule has 0 atom stereocenters. The number of amides is 1. The van der Waals surface area contributed by atoms with E-state index in [9.17, 15) is 4.79 Å². The average Bonchev–Trinajstić information content (AvgIpc) is 2.96. The molecule has 0 radical (unpaired) electrons. The first-order chi connectivity index (χ1) is 13.5. The second kappa shape index (κ2) is 7.13. The first-order valence-electron chi connectivity index (χ1n) is 9.06. The maximum absolute atomic E-state index is 12.9. The Labute approximate surface area is 167 Å². The topological polar surface area (TPSA) is 85.8 Å². The van der Waals surface area contributed by atoms with E-state index in [0.717, 1.165) is 11.2 Å². The van der Waals surface area contributed by atoms with Crippen LogP contribution in [-0.2, 0) is 0 Å². The maximum atomic E-state index is 12.9. The molecule has 2 aromatic carbocycles. The molecule has 0 unspecified atom stereocenters. The summed E-state index contributed by atoms with van der Waals surface area (Å²) in [4.78, 5) is 22.4. The van der Waals surface area contributed by atoms with Crippen molar-refractivity contribution in [1.29, 1.82) is 0 Å². The number of para-hydroxylation sites is 2. The number of nitrogens with zero attached hydrogens (tertiary/aromatic N) is 3. The summed E-state index contributed by atoms with van der Waals surface area (Å²) in [6.07, 6.45) is 0. The fraction of sp³-hybridized carbons (Fsp3) is 0.190. The van der Waals surface area contributed by atoms with E-state index in [0.29, 0.717) is 45.5 Å². The van der Waals surface area contributed by atoms with Crippen molar-refractivity contribution in [2.75, 3.05) is 12.3 Å². The Morgan fingerprint density at radius 1 is 1.11 bits per heavy atom. The molecule has 6 nitrogen and oxygen atoms in total. The lowest BCUT2D eigenvalue weighted by Crippen LogP contribution is -2.28. The number of hydrogen-bond donors (Lipinski definition) is 2. The summed E-state index contributed by atoms with van der Waals surface area (Å²) < 4.78 is 1.75. The summed E-state index contributed by atoms with van der Waals surface area (Å²) in [7, 11) is 0. The summed E-state index contributed by atoms with van der Waals surface area (Å²) in [5, 5.41) is 3.55. The molecule has 3 N–H and O–H groups in total. The number of nitrogens with two attached hydrogens (primary N) is 1. The lowest BCUT2D eigenvalue weighted by atomic mass is 10.2. The number of carbonyl (C=O) groups excluding carboxylic acids is 1. The van der Waals surface area contributed by atoms with Crippen molar-refractivity contribution >= 4 is 45.5 Å². The minimum absolute atomic E-state index is 0.256. The van der Waals surface area contributed by atoms with Crippen molar-refractivity contribution in [3.63, 3.8) is 0 Å². The average molecular weight is 394 g/mol. The first-order valence-corrected chi connectivity index (χ1v) is 9.44. The number of fused-ring (bicyclic) bond motifs is 2. The van der Waals surface area contributed by atoms with Crippen LogP contribution in [0.2, 0.25) is 5.02 Å². The van der Waals surface area contributed by atoms with Gasteiger partial charge in [0, 0.05) is 17.3 Å². The monoisotopic (exact) mass is 393 g/mol. The highest BCUT2D eigenvalue weighted by atomic mass is 35.5. The van der Waals surface area contributed by atoms with Crippen LogP contribution < -0.4 is 11.1 Å². The molecule has 0 aliphatic heterocycles. The van der Waals surface area contributed by atoms with Crippen LogP contribution in [-0.4, -0.2) is 27.0 Å². The second-order valence-corrected chi connectivity index (χ2v) is 7.50. The van der Waals surface area contributed by atoms with Gasteiger partial charge in [0.15, 0.2) is 5.65 Å². The highest BCUT2D eigenvalue weighted by Gasteiger charge is 2.24. The van der Waals surface area contributed by atoms with Crippen molar-refractivity contribution in [3.05, 3.63) is 59.1 Å². The molecule has 0 aliphatic carbocycles. The van der Waals surface area contributed by atoms with E-state index < -0.39 is 0 Å². The van der Waals surface area contributed by atoms with Crippen molar-refractivity contribution < 1.29 is 4.79 Å². The standard InChI is InChI=1S/C21H20ClN5O/c1-12(2)11-24-21(28)17-18-20(26-16-6-4-3-5-15(16)25-18)27(19(17)23)14-9-7-13(22)8-10-14/h3-10,12H,11,23H2,1-2H3,(H,24,28). The van der Waals surface area contributed by atoms with E-state index in [2.05, 4.69) is 5.32 Å². The molecule has 4 aromatic rings. The highest BCUT2D eigenvalue weighted by molar-refractivity contribution is 6.30. The van der Waals surface area contributed by atoms with Gasteiger partial charge in [-0.05, 0) is 42.3 Å². The summed E-state index contributed by atoms with van der Waals surface area (Å²) in [5.74, 6) is 0.365. The number of carbonyl (C=O) groups is 1. The van der Waals surface area contributed by atoms with Gasteiger partial charge in [0.1, 0.15) is 16.9 Å². The second-order valence-electron chi connectivity index (χ2n) is 7.06. The number of hydrogen-bond acceptors (Lipinski definition) is 4. The Morgan fingerprint density at radius 3 is 2.39 bits per heavy atom. The smallest absolute Gasteiger partial charge is 0.257 e. The summed E-state index contributed by atoms with van der Waals surface area (Å²) >= 11 is 6.03. The van der Waals surface area contributed by atoms with E-state index in [1.54, 1.807) is 16.7 Å². The summed E-state index contributed by atoms with van der Waals surface area (Å²) in [6.45, 7) is 4.62. The number of benzene rings is 2. The lowest BCUT2D eigenvalue weighted by Gasteiger charge is -2.09. The van der Waals surface area contributed by atoms with E-state index in [1.807, 2.05) is 50.2 Å². The summed E-state index contributed by atoms with van der Waals surface area (Å²) in [6, 6.07) is 14.8. The molecule has 0 saturated carbocycles. The van der Waals surface area contributed by atoms with Gasteiger partial charge in [0.25, 0.3) is 5.91 Å². The molecular formula is C21H20ClN5O. The van der Waals surface area contributed by atoms with Crippen LogP contribution in [0.3, 0.4) is 0 Å². The van der Waals surface area contributed by atoms with Gasteiger partial charge < -0.3 is 11.1 Å². The number of halogens is 1. The quantitative estimate of drug-likeness (QED) is 0.544. The molecule has 7 heteroatoms. The Balaban J connectivity index is 1.99. The van der Waals surface area contributed by atoms with E-state index in [-0.39, 0.29) is 5.91 Å². The van der Waals surface area contributed by atoms with Gasteiger partial charge in [0.2, 0.25) is 0 Å². The molecule has 0 fully saturated rings. The Hall–Kier alpha value is -3.12. The minimum atomic E-state index is -0.256. The molecule has 0 spiro atoms. The van der Waals surface area contributed by atoms with Crippen LogP contribution in [0.5, 0.6) is 0 Å². The zero-order valence-electron chi connectivity index (χ0n) is 15.6.